The molecule has 88 valence electrons. The fourth-order valence-corrected chi connectivity index (χ4v) is 1.68. The molecule has 0 saturated carbocycles. The van der Waals surface area contributed by atoms with Gasteiger partial charge in [-0.25, -0.2) is 9.97 Å². The fourth-order valence-electron chi connectivity index (χ4n) is 1.68. The van der Waals surface area contributed by atoms with Crippen molar-refractivity contribution in [1.29, 1.82) is 0 Å². The van der Waals surface area contributed by atoms with Crippen molar-refractivity contribution in [3.63, 3.8) is 0 Å². The van der Waals surface area contributed by atoms with Crippen molar-refractivity contribution < 1.29 is 0 Å². The SMILES string of the molecule is Cc1ccc(-c2cc(C(C)N)ncn2)cc1C. The highest BCUT2D eigenvalue weighted by Gasteiger charge is 2.05. The van der Waals surface area contributed by atoms with Crippen LogP contribution in [0.5, 0.6) is 0 Å². The molecule has 1 aromatic heterocycles. The predicted molar refractivity (Wildman–Crippen MR) is 69.5 cm³/mol. The summed E-state index contributed by atoms with van der Waals surface area (Å²) in [5, 5.41) is 0. The summed E-state index contributed by atoms with van der Waals surface area (Å²) in [5.41, 5.74) is 11.3. The molecule has 0 fully saturated rings. The van der Waals surface area contributed by atoms with E-state index in [1.54, 1.807) is 6.33 Å². The number of nitrogens with two attached hydrogens (primary N) is 1. The molecule has 0 bridgehead atoms. The molecule has 0 aliphatic heterocycles. The Bertz CT molecular complexity index is 533. The topological polar surface area (TPSA) is 51.8 Å². The summed E-state index contributed by atoms with van der Waals surface area (Å²) in [6.07, 6.45) is 1.57. The molecule has 0 saturated heterocycles. The van der Waals surface area contributed by atoms with Gasteiger partial charge in [0.25, 0.3) is 0 Å². The first kappa shape index (κ1) is 11.7. The van der Waals surface area contributed by atoms with Crippen LogP contribution in [0.3, 0.4) is 0 Å². The Balaban J connectivity index is 2.45. The summed E-state index contributed by atoms with van der Waals surface area (Å²) in [6.45, 7) is 6.13. The Kier molecular flexibility index (Phi) is 3.20. The Labute approximate surface area is 102 Å². The fraction of sp³-hybridized carbons (Fsp3) is 0.286. The maximum absolute atomic E-state index is 5.82. The lowest BCUT2D eigenvalue weighted by atomic mass is 10.0. The lowest BCUT2D eigenvalue weighted by Gasteiger charge is -2.08. The van der Waals surface area contributed by atoms with E-state index in [9.17, 15) is 0 Å². The Hall–Kier alpha value is -1.74. The molecule has 3 heteroatoms. The van der Waals surface area contributed by atoms with Crippen LogP contribution in [-0.4, -0.2) is 9.97 Å². The molecule has 2 aromatic rings. The highest BCUT2D eigenvalue weighted by atomic mass is 14.9. The zero-order valence-electron chi connectivity index (χ0n) is 10.4. The van der Waals surface area contributed by atoms with Crippen LogP contribution in [0.15, 0.2) is 30.6 Å². The summed E-state index contributed by atoms with van der Waals surface area (Å²) in [4.78, 5) is 8.46. The smallest absolute Gasteiger partial charge is 0.116 e. The normalized spacial score (nSPS) is 12.5. The van der Waals surface area contributed by atoms with Crippen molar-refractivity contribution in [2.75, 3.05) is 0 Å². The largest absolute Gasteiger partial charge is 0.323 e. The number of aromatic nitrogens is 2. The van der Waals surface area contributed by atoms with Gasteiger partial charge in [-0.2, -0.15) is 0 Å². The molecule has 1 aromatic carbocycles. The van der Waals surface area contributed by atoms with Gasteiger partial charge >= 0.3 is 0 Å². The minimum atomic E-state index is -0.0664. The molecule has 0 spiro atoms. The first-order chi connectivity index (χ1) is 8.08. The molecular formula is C14H17N3. The number of aryl methyl sites for hydroxylation is 2. The van der Waals surface area contributed by atoms with Crippen LogP contribution in [0.25, 0.3) is 11.3 Å². The molecule has 2 rings (SSSR count). The highest BCUT2D eigenvalue weighted by Crippen LogP contribution is 2.21. The highest BCUT2D eigenvalue weighted by molar-refractivity contribution is 5.61. The van der Waals surface area contributed by atoms with Crippen molar-refractivity contribution >= 4 is 0 Å². The Morgan fingerprint density at radius 1 is 1.06 bits per heavy atom. The molecule has 0 aliphatic carbocycles. The monoisotopic (exact) mass is 227 g/mol. The van der Waals surface area contributed by atoms with Crippen molar-refractivity contribution in [3.8, 4) is 11.3 Å². The lowest BCUT2D eigenvalue weighted by Crippen LogP contribution is -2.07. The van der Waals surface area contributed by atoms with E-state index in [1.165, 1.54) is 11.1 Å². The maximum Gasteiger partial charge on any atom is 0.116 e. The predicted octanol–water partition coefficient (Wildman–Crippen LogP) is 2.78. The van der Waals surface area contributed by atoms with Gasteiger partial charge in [-0.15, -0.1) is 0 Å². The molecule has 1 heterocycles. The second kappa shape index (κ2) is 4.63. The van der Waals surface area contributed by atoms with Crippen LogP contribution >= 0.6 is 0 Å². The molecule has 1 unspecified atom stereocenters. The third kappa shape index (κ3) is 2.50. The quantitative estimate of drug-likeness (QED) is 0.858. The van der Waals surface area contributed by atoms with E-state index in [0.29, 0.717) is 0 Å². The first-order valence-corrected chi connectivity index (χ1v) is 5.73. The van der Waals surface area contributed by atoms with E-state index in [2.05, 4.69) is 42.0 Å². The van der Waals surface area contributed by atoms with Gasteiger partial charge in [0.1, 0.15) is 6.33 Å². The summed E-state index contributed by atoms with van der Waals surface area (Å²) >= 11 is 0. The summed E-state index contributed by atoms with van der Waals surface area (Å²) in [6, 6.07) is 8.22. The summed E-state index contributed by atoms with van der Waals surface area (Å²) in [7, 11) is 0. The van der Waals surface area contributed by atoms with Crippen molar-refractivity contribution in [1.82, 2.24) is 9.97 Å². The average molecular weight is 227 g/mol. The summed E-state index contributed by atoms with van der Waals surface area (Å²) < 4.78 is 0. The number of hydrogen-bond donors (Lipinski definition) is 1. The Morgan fingerprint density at radius 2 is 1.82 bits per heavy atom. The van der Waals surface area contributed by atoms with Crippen LogP contribution in [0.4, 0.5) is 0 Å². The molecule has 0 radical (unpaired) electrons. The van der Waals surface area contributed by atoms with Crippen LogP contribution in [0.1, 0.15) is 29.8 Å². The number of rotatable bonds is 2. The number of nitrogens with zero attached hydrogens (tertiary/aromatic N) is 2. The molecule has 0 aliphatic rings. The van der Waals surface area contributed by atoms with Crippen LogP contribution in [0, 0.1) is 13.8 Å². The van der Waals surface area contributed by atoms with E-state index in [4.69, 9.17) is 5.73 Å². The molecular weight excluding hydrogens is 210 g/mol. The van der Waals surface area contributed by atoms with E-state index < -0.39 is 0 Å². The van der Waals surface area contributed by atoms with Gasteiger partial charge in [0.2, 0.25) is 0 Å². The number of hydrogen-bond acceptors (Lipinski definition) is 3. The molecule has 1 atom stereocenters. The van der Waals surface area contributed by atoms with Crippen molar-refractivity contribution in [2.45, 2.75) is 26.8 Å². The van der Waals surface area contributed by atoms with Gasteiger partial charge in [-0.3, -0.25) is 0 Å². The first-order valence-electron chi connectivity index (χ1n) is 5.73. The van der Waals surface area contributed by atoms with Crippen LogP contribution < -0.4 is 5.73 Å². The Morgan fingerprint density at radius 3 is 2.47 bits per heavy atom. The minimum Gasteiger partial charge on any atom is -0.323 e. The third-order valence-corrected chi connectivity index (χ3v) is 2.96. The molecule has 17 heavy (non-hydrogen) atoms. The van der Waals surface area contributed by atoms with E-state index in [0.717, 1.165) is 17.0 Å². The van der Waals surface area contributed by atoms with Gasteiger partial charge in [0, 0.05) is 11.6 Å². The molecule has 3 nitrogen and oxygen atoms in total. The van der Waals surface area contributed by atoms with E-state index in [-0.39, 0.29) is 6.04 Å². The van der Waals surface area contributed by atoms with Gasteiger partial charge in [0.05, 0.1) is 11.4 Å². The van der Waals surface area contributed by atoms with Crippen molar-refractivity contribution in [2.24, 2.45) is 5.73 Å². The lowest BCUT2D eigenvalue weighted by molar-refractivity contribution is 0.775. The van der Waals surface area contributed by atoms with Gasteiger partial charge in [-0.05, 0) is 44.0 Å². The van der Waals surface area contributed by atoms with E-state index >= 15 is 0 Å². The molecule has 0 amide bonds. The zero-order valence-corrected chi connectivity index (χ0v) is 10.4. The van der Waals surface area contributed by atoms with E-state index in [1.807, 2.05) is 13.0 Å². The second-order valence-electron chi connectivity index (χ2n) is 4.42. The third-order valence-electron chi connectivity index (χ3n) is 2.96. The van der Waals surface area contributed by atoms with Gasteiger partial charge in [-0.1, -0.05) is 12.1 Å². The van der Waals surface area contributed by atoms with Gasteiger partial charge < -0.3 is 5.73 Å². The zero-order chi connectivity index (χ0) is 12.4. The molecule has 2 N–H and O–H groups in total. The summed E-state index contributed by atoms with van der Waals surface area (Å²) in [5.74, 6) is 0. The minimum absolute atomic E-state index is 0.0664. The average Bonchev–Trinajstić information content (AvgIpc) is 2.33. The second-order valence-corrected chi connectivity index (χ2v) is 4.42. The van der Waals surface area contributed by atoms with Crippen molar-refractivity contribution in [3.05, 3.63) is 47.4 Å². The van der Waals surface area contributed by atoms with Gasteiger partial charge in [0.15, 0.2) is 0 Å². The van der Waals surface area contributed by atoms with Crippen LogP contribution in [-0.2, 0) is 0 Å². The number of benzene rings is 1. The maximum atomic E-state index is 5.82. The van der Waals surface area contributed by atoms with Crippen LogP contribution in [0.2, 0.25) is 0 Å². The standard InChI is InChI=1S/C14H17N3/c1-9-4-5-12(6-10(9)2)14-7-13(11(3)15)16-8-17-14/h4-8,11H,15H2,1-3H3.